The Kier molecular flexibility index (Phi) is 3.28. The zero-order valence-corrected chi connectivity index (χ0v) is 9.01. The number of aromatic nitrogens is 3. The Balaban J connectivity index is 2.96. The predicted molar refractivity (Wildman–Crippen MR) is 54.2 cm³/mol. The molecule has 4 nitrogen and oxygen atoms in total. The Morgan fingerprint density at radius 1 is 1.58 bits per heavy atom. The average Bonchev–Trinajstić information content (AvgIpc) is 2.08. The molecule has 1 heterocycles. The first-order chi connectivity index (χ1) is 5.65. The van der Waals surface area contributed by atoms with Crippen molar-refractivity contribution in [2.45, 2.75) is 12.8 Å². The summed E-state index contributed by atoms with van der Waals surface area (Å²) in [6.45, 7) is 1.97. The summed E-state index contributed by atoms with van der Waals surface area (Å²) in [5, 5.41) is 7.67. The van der Waals surface area contributed by atoms with E-state index in [0.717, 1.165) is 0 Å². The molecule has 66 valence electrons. The molecule has 0 amide bonds. The smallest absolute Gasteiger partial charge is 0.170 e. The third kappa shape index (κ3) is 2.07. The van der Waals surface area contributed by atoms with Gasteiger partial charge >= 0.3 is 0 Å². The molecule has 1 rings (SSSR count). The molecular formula is C6H9BrN4S. The maximum absolute atomic E-state index is 5.53. The number of hydrogen-bond acceptors (Lipinski definition) is 5. The number of thiol groups is 1. The lowest BCUT2D eigenvalue weighted by Gasteiger charge is -2.05. The molecule has 6 heteroatoms. The molecule has 0 aliphatic heterocycles. The summed E-state index contributed by atoms with van der Waals surface area (Å²) in [5.74, 6) is 1.86. The minimum atomic E-state index is 0.177. The Labute approximate surface area is 84.5 Å². The molecule has 0 fully saturated rings. The Morgan fingerprint density at radius 2 is 2.25 bits per heavy atom. The van der Waals surface area contributed by atoms with Gasteiger partial charge in [-0.15, -0.1) is 10.2 Å². The first-order valence-electron chi connectivity index (χ1n) is 3.41. The van der Waals surface area contributed by atoms with Crippen molar-refractivity contribution in [2.75, 3.05) is 11.5 Å². The van der Waals surface area contributed by atoms with Crippen LogP contribution in [0, 0.1) is 0 Å². The summed E-state index contributed by atoms with van der Waals surface area (Å²) in [6, 6.07) is 0. The van der Waals surface area contributed by atoms with Gasteiger partial charge in [-0.3, -0.25) is 0 Å². The van der Waals surface area contributed by atoms with E-state index in [2.05, 4.69) is 43.7 Å². The van der Waals surface area contributed by atoms with Crippen molar-refractivity contribution in [3.8, 4) is 0 Å². The maximum atomic E-state index is 5.53. The van der Waals surface area contributed by atoms with Crippen LogP contribution in [0.5, 0.6) is 0 Å². The van der Waals surface area contributed by atoms with Crippen molar-refractivity contribution in [2.24, 2.45) is 0 Å². The van der Waals surface area contributed by atoms with E-state index in [1.165, 1.54) is 0 Å². The molecule has 1 atom stereocenters. The molecule has 0 radical (unpaired) electrons. The maximum Gasteiger partial charge on any atom is 0.170 e. The monoisotopic (exact) mass is 248 g/mol. The number of hydrogen-bond donors (Lipinski definition) is 2. The Morgan fingerprint density at radius 3 is 2.75 bits per heavy atom. The largest absolute Gasteiger partial charge is 0.381 e. The molecule has 0 aliphatic carbocycles. The van der Waals surface area contributed by atoms with E-state index in [4.69, 9.17) is 5.73 Å². The van der Waals surface area contributed by atoms with E-state index in [9.17, 15) is 0 Å². The SMILES string of the molecule is CC(CS)c1nnc(Br)c(N)n1. The standard InChI is InChI=1S/C6H9BrN4S/c1-3(2-12)6-9-5(8)4(7)10-11-6/h3,12H,2H2,1H3,(H2,8,9,11). The Bertz CT molecular complexity index is 280. The minimum Gasteiger partial charge on any atom is -0.381 e. The predicted octanol–water partition coefficient (Wildman–Crippen LogP) is 1.25. The van der Waals surface area contributed by atoms with Crippen LogP contribution in [0.2, 0.25) is 0 Å². The van der Waals surface area contributed by atoms with E-state index in [1.54, 1.807) is 0 Å². The van der Waals surface area contributed by atoms with Gasteiger partial charge in [0.05, 0.1) is 0 Å². The van der Waals surface area contributed by atoms with Crippen molar-refractivity contribution >= 4 is 34.4 Å². The summed E-state index contributed by atoms with van der Waals surface area (Å²) in [7, 11) is 0. The van der Waals surface area contributed by atoms with E-state index in [-0.39, 0.29) is 5.92 Å². The van der Waals surface area contributed by atoms with Crippen LogP contribution >= 0.6 is 28.6 Å². The first-order valence-corrected chi connectivity index (χ1v) is 4.84. The molecule has 1 aromatic rings. The van der Waals surface area contributed by atoms with Crippen LogP contribution in [0.1, 0.15) is 18.7 Å². The van der Waals surface area contributed by atoms with Crippen molar-refractivity contribution < 1.29 is 0 Å². The van der Waals surface area contributed by atoms with Crippen molar-refractivity contribution in [1.82, 2.24) is 15.2 Å². The number of nitrogens with zero attached hydrogens (tertiary/aromatic N) is 3. The molecule has 0 aliphatic rings. The zero-order valence-electron chi connectivity index (χ0n) is 6.53. The summed E-state index contributed by atoms with van der Waals surface area (Å²) in [6.07, 6.45) is 0. The van der Waals surface area contributed by atoms with Crippen LogP contribution in [0.25, 0.3) is 0 Å². The van der Waals surface area contributed by atoms with Gasteiger partial charge in [0.25, 0.3) is 0 Å². The second kappa shape index (κ2) is 4.04. The van der Waals surface area contributed by atoms with Crippen LogP contribution in [-0.2, 0) is 0 Å². The molecule has 0 saturated carbocycles. The van der Waals surface area contributed by atoms with E-state index < -0.39 is 0 Å². The number of halogens is 1. The van der Waals surface area contributed by atoms with Gasteiger partial charge < -0.3 is 5.73 Å². The van der Waals surface area contributed by atoms with Gasteiger partial charge in [-0.1, -0.05) is 6.92 Å². The molecule has 1 unspecified atom stereocenters. The normalized spacial score (nSPS) is 12.9. The summed E-state index contributed by atoms with van der Waals surface area (Å²) >= 11 is 7.25. The van der Waals surface area contributed by atoms with Gasteiger partial charge in [0, 0.05) is 5.92 Å². The number of rotatable bonds is 2. The molecular weight excluding hydrogens is 240 g/mol. The van der Waals surface area contributed by atoms with Crippen LogP contribution in [0.4, 0.5) is 5.82 Å². The fraction of sp³-hybridized carbons (Fsp3) is 0.500. The second-order valence-electron chi connectivity index (χ2n) is 2.43. The molecule has 1 aromatic heterocycles. The van der Waals surface area contributed by atoms with Gasteiger partial charge in [-0.2, -0.15) is 12.6 Å². The molecule has 2 N–H and O–H groups in total. The van der Waals surface area contributed by atoms with Gasteiger partial charge in [0.1, 0.15) is 0 Å². The number of anilines is 1. The zero-order chi connectivity index (χ0) is 9.14. The Hall–Kier alpha value is -0.360. The van der Waals surface area contributed by atoms with Gasteiger partial charge in [0.15, 0.2) is 16.2 Å². The molecule has 0 spiro atoms. The van der Waals surface area contributed by atoms with Gasteiger partial charge in [0.2, 0.25) is 0 Å². The van der Waals surface area contributed by atoms with E-state index in [1.807, 2.05) is 6.92 Å². The number of nitrogen functional groups attached to an aromatic ring is 1. The van der Waals surface area contributed by atoms with Gasteiger partial charge in [-0.25, -0.2) is 4.98 Å². The molecule has 0 bridgehead atoms. The highest BCUT2D eigenvalue weighted by molar-refractivity contribution is 9.10. The van der Waals surface area contributed by atoms with Crippen molar-refractivity contribution in [3.05, 3.63) is 10.4 Å². The van der Waals surface area contributed by atoms with E-state index >= 15 is 0 Å². The highest BCUT2D eigenvalue weighted by Gasteiger charge is 2.09. The summed E-state index contributed by atoms with van der Waals surface area (Å²) in [5.41, 5.74) is 5.53. The van der Waals surface area contributed by atoms with Crippen LogP contribution < -0.4 is 5.73 Å². The van der Waals surface area contributed by atoms with Crippen LogP contribution in [0.3, 0.4) is 0 Å². The van der Waals surface area contributed by atoms with Crippen molar-refractivity contribution in [3.63, 3.8) is 0 Å². The van der Waals surface area contributed by atoms with Gasteiger partial charge in [-0.05, 0) is 21.7 Å². The van der Waals surface area contributed by atoms with Crippen molar-refractivity contribution in [1.29, 1.82) is 0 Å². The first kappa shape index (κ1) is 9.73. The third-order valence-electron chi connectivity index (χ3n) is 1.40. The molecule has 12 heavy (non-hydrogen) atoms. The minimum absolute atomic E-state index is 0.177. The lowest BCUT2D eigenvalue weighted by molar-refractivity contribution is 0.743. The molecule has 0 saturated heterocycles. The molecule has 0 aromatic carbocycles. The second-order valence-corrected chi connectivity index (χ2v) is 3.55. The lowest BCUT2D eigenvalue weighted by atomic mass is 10.2. The van der Waals surface area contributed by atoms with E-state index in [0.29, 0.717) is 22.0 Å². The highest BCUT2D eigenvalue weighted by atomic mass is 79.9. The fourth-order valence-corrected chi connectivity index (χ4v) is 0.960. The number of nitrogens with two attached hydrogens (primary N) is 1. The quantitative estimate of drug-likeness (QED) is 0.774. The topological polar surface area (TPSA) is 64.7 Å². The summed E-state index contributed by atoms with van der Waals surface area (Å²) in [4.78, 5) is 4.05. The van der Waals surface area contributed by atoms with Crippen LogP contribution in [0.15, 0.2) is 4.60 Å². The fourth-order valence-electron chi connectivity index (χ4n) is 0.629. The lowest BCUT2D eigenvalue weighted by Crippen LogP contribution is -2.07. The highest BCUT2D eigenvalue weighted by Crippen LogP contribution is 2.16. The third-order valence-corrected chi connectivity index (χ3v) is 2.51. The average molecular weight is 249 g/mol. The summed E-state index contributed by atoms with van der Waals surface area (Å²) < 4.78 is 0.484. The van der Waals surface area contributed by atoms with Crippen LogP contribution in [-0.4, -0.2) is 20.9 Å².